The SMILES string of the molecule is Cc1c(Cl)cccc1S(=O)(=O)Nc1cscc1CCOCCF. The van der Waals surface area contributed by atoms with Gasteiger partial charge in [-0.05, 0) is 42.0 Å². The molecule has 0 aliphatic heterocycles. The summed E-state index contributed by atoms with van der Waals surface area (Å²) in [5.74, 6) is 0. The van der Waals surface area contributed by atoms with Crippen molar-refractivity contribution >= 4 is 38.6 Å². The maximum absolute atomic E-state index is 12.6. The largest absolute Gasteiger partial charge is 0.378 e. The van der Waals surface area contributed by atoms with Crippen molar-refractivity contribution in [2.24, 2.45) is 0 Å². The van der Waals surface area contributed by atoms with Gasteiger partial charge in [-0.3, -0.25) is 4.72 Å². The molecule has 0 saturated heterocycles. The standard InChI is InChI=1S/C15H17ClFNO3S2/c1-11-13(16)3-2-4-15(11)23(19,20)18-14-10-22-9-12(14)5-7-21-8-6-17/h2-4,9-10,18H,5-8H2,1H3. The van der Waals surface area contributed by atoms with Crippen LogP contribution in [0.15, 0.2) is 33.9 Å². The van der Waals surface area contributed by atoms with E-state index in [1.165, 1.54) is 17.4 Å². The van der Waals surface area contributed by atoms with Crippen molar-refractivity contribution in [1.82, 2.24) is 0 Å². The summed E-state index contributed by atoms with van der Waals surface area (Å²) in [5, 5.41) is 3.97. The lowest BCUT2D eigenvalue weighted by Crippen LogP contribution is -2.15. The smallest absolute Gasteiger partial charge is 0.262 e. The zero-order chi connectivity index (χ0) is 16.9. The molecule has 1 heterocycles. The van der Waals surface area contributed by atoms with E-state index in [-0.39, 0.29) is 11.5 Å². The predicted octanol–water partition coefficient (Wildman–Crippen LogP) is 4.04. The van der Waals surface area contributed by atoms with Crippen molar-refractivity contribution in [2.45, 2.75) is 18.2 Å². The molecular weight excluding hydrogens is 361 g/mol. The Bertz CT molecular complexity index is 762. The van der Waals surface area contributed by atoms with Crippen LogP contribution in [0.25, 0.3) is 0 Å². The number of anilines is 1. The van der Waals surface area contributed by atoms with E-state index in [1.54, 1.807) is 24.4 Å². The molecule has 2 aromatic rings. The van der Waals surface area contributed by atoms with Crippen molar-refractivity contribution < 1.29 is 17.5 Å². The van der Waals surface area contributed by atoms with Crippen LogP contribution in [0, 0.1) is 6.92 Å². The van der Waals surface area contributed by atoms with Gasteiger partial charge in [0.1, 0.15) is 6.67 Å². The first-order valence-electron chi connectivity index (χ1n) is 6.92. The molecule has 0 unspecified atom stereocenters. The lowest BCUT2D eigenvalue weighted by atomic mass is 10.2. The van der Waals surface area contributed by atoms with Gasteiger partial charge >= 0.3 is 0 Å². The molecule has 0 aliphatic carbocycles. The van der Waals surface area contributed by atoms with Gasteiger partial charge < -0.3 is 4.74 Å². The zero-order valence-electron chi connectivity index (χ0n) is 12.5. The van der Waals surface area contributed by atoms with Crippen LogP contribution < -0.4 is 4.72 Å². The highest BCUT2D eigenvalue weighted by molar-refractivity contribution is 7.92. The van der Waals surface area contributed by atoms with Crippen LogP contribution in [0.3, 0.4) is 0 Å². The number of hydrogen-bond acceptors (Lipinski definition) is 4. The second-order valence-electron chi connectivity index (χ2n) is 4.83. The number of nitrogens with one attached hydrogen (secondary N) is 1. The average molecular weight is 378 g/mol. The fourth-order valence-corrected chi connectivity index (χ4v) is 4.51. The van der Waals surface area contributed by atoms with Gasteiger partial charge in [0.2, 0.25) is 0 Å². The highest BCUT2D eigenvalue weighted by Crippen LogP contribution is 2.28. The summed E-state index contributed by atoms with van der Waals surface area (Å²) in [4.78, 5) is 0.149. The predicted molar refractivity (Wildman–Crippen MR) is 91.8 cm³/mol. The van der Waals surface area contributed by atoms with E-state index in [9.17, 15) is 12.8 Å². The van der Waals surface area contributed by atoms with Gasteiger partial charge in [-0.2, -0.15) is 0 Å². The summed E-state index contributed by atoms with van der Waals surface area (Å²) in [6.45, 7) is 1.52. The van der Waals surface area contributed by atoms with E-state index in [2.05, 4.69) is 4.72 Å². The van der Waals surface area contributed by atoms with Crippen molar-refractivity contribution in [3.63, 3.8) is 0 Å². The molecule has 0 aliphatic rings. The van der Waals surface area contributed by atoms with Crippen LogP contribution >= 0.6 is 22.9 Å². The van der Waals surface area contributed by atoms with E-state index in [0.717, 1.165) is 5.56 Å². The minimum absolute atomic E-state index is 0.0485. The minimum atomic E-state index is -3.72. The quantitative estimate of drug-likeness (QED) is 0.706. The Hall–Kier alpha value is -1.15. The number of benzene rings is 1. The lowest BCUT2D eigenvalue weighted by molar-refractivity contribution is 0.122. The third-order valence-electron chi connectivity index (χ3n) is 3.23. The number of rotatable bonds is 8. The van der Waals surface area contributed by atoms with Gasteiger partial charge in [-0.1, -0.05) is 17.7 Å². The number of hydrogen-bond donors (Lipinski definition) is 1. The summed E-state index contributed by atoms with van der Waals surface area (Å²) in [6, 6.07) is 4.76. The van der Waals surface area contributed by atoms with Crippen molar-refractivity contribution in [2.75, 3.05) is 24.6 Å². The number of sulfonamides is 1. The summed E-state index contributed by atoms with van der Waals surface area (Å²) < 4.78 is 44.8. The first-order chi connectivity index (χ1) is 11.0. The van der Waals surface area contributed by atoms with Crippen LogP contribution in [0.2, 0.25) is 5.02 Å². The van der Waals surface area contributed by atoms with Crippen molar-refractivity contribution in [3.8, 4) is 0 Å². The van der Waals surface area contributed by atoms with Gasteiger partial charge in [0, 0.05) is 10.4 Å². The molecule has 2 rings (SSSR count). The Morgan fingerprint density at radius 3 is 2.83 bits per heavy atom. The Morgan fingerprint density at radius 1 is 1.30 bits per heavy atom. The number of alkyl halides is 1. The average Bonchev–Trinajstić information content (AvgIpc) is 2.93. The van der Waals surface area contributed by atoms with E-state index < -0.39 is 16.7 Å². The summed E-state index contributed by atoms with van der Waals surface area (Å²) in [7, 11) is -3.72. The monoisotopic (exact) mass is 377 g/mol. The summed E-state index contributed by atoms with van der Waals surface area (Å²) in [6.07, 6.45) is 0.510. The second-order valence-corrected chi connectivity index (χ2v) is 7.63. The van der Waals surface area contributed by atoms with Gasteiger partial charge in [0.15, 0.2) is 0 Å². The highest BCUT2D eigenvalue weighted by Gasteiger charge is 2.19. The lowest BCUT2D eigenvalue weighted by Gasteiger charge is -2.12. The maximum Gasteiger partial charge on any atom is 0.262 e. The van der Waals surface area contributed by atoms with Crippen molar-refractivity contribution in [1.29, 1.82) is 0 Å². The fraction of sp³-hybridized carbons (Fsp3) is 0.333. The molecule has 23 heavy (non-hydrogen) atoms. The van der Waals surface area contributed by atoms with E-state index >= 15 is 0 Å². The van der Waals surface area contributed by atoms with Crippen LogP contribution in [0.4, 0.5) is 10.1 Å². The van der Waals surface area contributed by atoms with Crippen LogP contribution in [-0.2, 0) is 21.2 Å². The molecule has 1 N–H and O–H groups in total. The molecule has 126 valence electrons. The molecule has 0 bridgehead atoms. The number of thiophene rings is 1. The molecule has 8 heteroatoms. The van der Waals surface area contributed by atoms with E-state index in [1.807, 2.05) is 5.38 Å². The van der Waals surface area contributed by atoms with E-state index in [4.69, 9.17) is 16.3 Å². The molecule has 0 fully saturated rings. The molecular formula is C15H17ClFNO3S2. The first kappa shape index (κ1) is 18.2. The molecule has 4 nitrogen and oxygen atoms in total. The van der Waals surface area contributed by atoms with Crippen LogP contribution in [0.1, 0.15) is 11.1 Å². The molecule has 0 atom stereocenters. The molecule has 0 radical (unpaired) electrons. The van der Waals surface area contributed by atoms with Gasteiger partial charge in [0.25, 0.3) is 10.0 Å². The third kappa shape index (κ3) is 4.67. The topological polar surface area (TPSA) is 55.4 Å². The highest BCUT2D eigenvalue weighted by atomic mass is 35.5. The molecule has 0 spiro atoms. The fourth-order valence-electron chi connectivity index (χ4n) is 2.02. The number of ether oxygens (including phenoxy) is 1. The zero-order valence-corrected chi connectivity index (χ0v) is 14.9. The third-order valence-corrected chi connectivity index (χ3v) is 5.94. The molecule has 0 saturated carbocycles. The Balaban J connectivity index is 2.15. The minimum Gasteiger partial charge on any atom is -0.378 e. The number of halogens is 2. The normalized spacial score (nSPS) is 11.6. The summed E-state index contributed by atoms with van der Waals surface area (Å²) >= 11 is 7.38. The Morgan fingerprint density at radius 2 is 2.09 bits per heavy atom. The van der Waals surface area contributed by atoms with Crippen LogP contribution in [0.5, 0.6) is 0 Å². The maximum atomic E-state index is 12.6. The summed E-state index contributed by atoms with van der Waals surface area (Å²) in [5.41, 5.74) is 1.83. The molecule has 1 aromatic heterocycles. The molecule has 1 aromatic carbocycles. The van der Waals surface area contributed by atoms with Gasteiger partial charge in [-0.15, -0.1) is 11.3 Å². The van der Waals surface area contributed by atoms with Crippen LogP contribution in [-0.4, -0.2) is 28.3 Å². The van der Waals surface area contributed by atoms with Gasteiger partial charge in [0.05, 0.1) is 23.8 Å². The van der Waals surface area contributed by atoms with E-state index in [0.29, 0.717) is 29.3 Å². The Labute approximate surface area is 144 Å². The Kier molecular flexibility index (Phi) is 6.41. The second kappa shape index (κ2) is 8.10. The first-order valence-corrected chi connectivity index (χ1v) is 9.73. The van der Waals surface area contributed by atoms with Gasteiger partial charge in [-0.25, -0.2) is 12.8 Å². The van der Waals surface area contributed by atoms with Crippen molar-refractivity contribution in [3.05, 3.63) is 45.1 Å². The molecule has 0 amide bonds.